The van der Waals surface area contributed by atoms with Crippen molar-refractivity contribution in [3.63, 3.8) is 0 Å². The summed E-state index contributed by atoms with van der Waals surface area (Å²) in [5.74, 6) is 0.373. The first-order valence-corrected chi connectivity index (χ1v) is 8.45. The Labute approximate surface area is 106 Å². The molecule has 3 nitrogen and oxygen atoms in total. The van der Waals surface area contributed by atoms with Crippen molar-refractivity contribution in [2.75, 3.05) is 12.3 Å². The number of nitrogens with one attached hydrogen (secondary N) is 1. The van der Waals surface area contributed by atoms with Crippen molar-refractivity contribution in [2.45, 2.75) is 64.7 Å². The van der Waals surface area contributed by atoms with Gasteiger partial charge in [-0.25, -0.2) is 8.42 Å². The topological polar surface area (TPSA) is 46.2 Å². The van der Waals surface area contributed by atoms with Crippen LogP contribution < -0.4 is 5.32 Å². The highest BCUT2D eigenvalue weighted by molar-refractivity contribution is 7.92. The van der Waals surface area contributed by atoms with Gasteiger partial charge in [0.2, 0.25) is 0 Å². The standard InChI is InChI=1S/C13H27NO2S/c1-5-9-14-12(13(2,3)4)11-8-6-7-10-17(11,15)16/h11-12,14H,5-10H2,1-4H3. The molecule has 1 saturated heterocycles. The zero-order chi connectivity index (χ0) is 13.1. The Hall–Kier alpha value is -0.0900. The van der Waals surface area contributed by atoms with E-state index in [-0.39, 0.29) is 16.7 Å². The van der Waals surface area contributed by atoms with Gasteiger partial charge in [-0.2, -0.15) is 0 Å². The van der Waals surface area contributed by atoms with Crippen LogP contribution in [0.2, 0.25) is 0 Å². The van der Waals surface area contributed by atoms with Gasteiger partial charge in [0.05, 0.1) is 11.0 Å². The molecular weight excluding hydrogens is 234 g/mol. The quantitative estimate of drug-likeness (QED) is 0.845. The van der Waals surface area contributed by atoms with E-state index in [1.54, 1.807) is 0 Å². The van der Waals surface area contributed by atoms with E-state index in [2.05, 4.69) is 33.0 Å². The third kappa shape index (κ3) is 3.95. The molecule has 1 rings (SSSR count). The van der Waals surface area contributed by atoms with Crippen LogP contribution in [0.4, 0.5) is 0 Å². The van der Waals surface area contributed by atoms with E-state index < -0.39 is 9.84 Å². The van der Waals surface area contributed by atoms with E-state index in [0.29, 0.717) is 5.75 Å². The van der Waals surface area contributed by atoms with Crippen molar-refractivity contribution in [3.8, 4) is 0 Å². The van der Waals surface area contributed by atoms with Gasteiger partial charge in [-0.15, -0.1) is 0 Å². The molecule has 2 unspecified atom stereocenters. The molecule has 17 heavy (non-hydrogen) atoms. The fourth-order valence-corrected chi connectivity index (χ4v) is 5.00. The van der Waals surface area contributed by atoms with E-state index in [9.17, 15) is 8.42 Å². The van der Waals surface area contributed by atoms with Crippen molar-refractivity contribution in [3.05, 3.63) is 0 Å². The van der Waals surface area contributed by atoms with Crippen molar-refractivity contribution in [1.82, 2.24) is 5.32 Å². The average molecular weight is 261 g/mol. The van der Waals surface area contributed by atoms with Gasteiger partial charge in [-0.3, -0.25) is 0 Å². The van der Waals surface area contributed by atoms with Gasteiger partial charge in [-0.05, 0) is 31.2 Å². The van der Waals surface area contributed by atoms with Crippen LogP contribution in [0.3, 0.4) is 0 Å². The van der Waals surface area contributed by atoms with Gasteiger partial charge in [0.25, 0.3) is 0 Å². The van der Waals surface area contributed by atoms with Crippen LogP contribution >= 0.6 is 0 Å². The second-order valence-corrected chi connectivity index (χ2v) is 8.54. The van der Waals surface area contributed by atoms with E-state index in [0.717, 1.165) is 32.2 Å². The Kier molecular flexibility index (Phi) is 5.02. The lowest BCUT2D eigenvalue weighted by Crippen LogP contribution is -2.53. The molecular formula is C13H27NO2S. The summed E-state index contributed by atoms with van der Waals surface area (Å²) < 4.78 is 24.4. The number of hydrogen-bond donors (Lipinski definition) is 1. The Morgan fingerprint density at radius 1 is 1.29 bits per heavy atom. The summed E-state index contributed by atoms with van der Waals surface area (Å²) in [4.78, 5) is 0. The minimum absolute atomic E-state index is 0.00968. The lowest BCUT2D eigenvalue weighted by atomic mass is 9.83. The Morgan fingerprint density at radius 3 is 2.41 bits per heavy atom. The predicted octanol–water partition coefficient (Wildman–Crippen LogP) is 2.37. The maximum atomic E-state index is 12.2. The molecule has 0 spiro atoms. The highest BCUT2D eigenvalue weighted by atomic mass is 32.2. The molecule has 0 aromatic heterocycles. The zero-order valence-electron chi connectivity index (χ0n) is 11.6. The van der Waals surface area contributed by atoms with Gasteiger partial charge in [-0.1, -0.05) is 34.1 Å². The van der Waals surface area contributed by atoms with Crippen molar-refractivity contribution in [2.24, 2.45) is 5.41 Å². The molecule has 2 atom stereocenters. The van der Waals surface area contributed by atoms with Gasteiger partial charge in [0.1, 0.15) is 0 Å². The third-order valence-corrected chi connectivity index (χ3v) is 5.84. The van der Waals surface area contributed by atoms with Crippen molar-refractivity contribution >= 4 is 9.84 Å². The molecule has 0 radical (unpaired) electrons. The molecule has 1 fully saturated rings. The SMILES string of the molecule is CCCNC(C1CCCCS1(=O)=O)C(C)(C)C. The number of rotatable bonds is 4. The number of hydrogen-bond acceptors (Lipinski definition) is 3. The first-order chi connectivity index (χ1) is 7.79. The van der Waals surface area contributed by atoms with E-state index in [4.69, 9.17) is 0 Å². The van der Waals surface area contributed by atoms with E-state index in [1.807, 2.05) is 0 Å². The fraction of sp³-hybridized carbons (Fsp3) is 1.00. The van der Waals surface area contributed by atoms with Gasteiger partial charge in [0, 0.05) is 6.04 Å². The summed E-state index contributed by atoms with van der Waals surface area (Å²) in [6, 6.07) is 0.0766. The summed E-state index contributed by atoms with van der Waals surface area (Å²) >= 11 is 0. The van der Waals surface area contributed by atoms with Gasteiger partial charge < -0.3 is 5.32 Å². The van der Waals surface area contributed by atoms with Crippen LogP contribution in [0, 0.1) is 5.41 Å². The molecule has 0 bridgehead atoms. The molecule has 0 aliphatic carbocycles. The van der Waals surface area contributed by atoms with Crippen LogP contribution in [0.1, 0.15) is 53.4 Å². The maximum absolute atomic E-state index is 12.2. The summed E-state index contributed by atoms with van der Waals surface area (Å²) in [5.41, 5.74) is -0.00968. The molecule has 0 amide bonds. The lowest BCUT2D eigenvalue weighted by Gasteiger charge is -2.39. The Bertz CT molecular complexity index is 330. The predicted molar refractivity (Wildman–Crippen MR) is 73.0 cm³/mol. The largest absolute Gasteiger partial charge is 0.312 e. The van der Waals surface area contributed by atoms with E-state index in [1.165, 1.54) is 0 Å². The van der Waals surface area contributed by atoms with Gasteiger partial charge in [0.15, 0.2) is 9.84 Å². The zero-order valence-corrected chi connectivity index (χ0v) is 12.4. The molecule has 0 aromatic carbocycles. The molecule has 1 N–H and O–H groups in total. The molecule has 0 saturated carbocycles. The molecule has 102 valence electrons. The second-order valence-electron chi connectivity index (χ2n) is 6.20. The maximum Gasteiger partial charge on any atom is 0.154 e. The summed E-state index contributed by atoms with van der Waals surface area (Å²) in [6.07, 6.45) is 3.74. The minimum atomic E-state index is -2.90. The number of sulfone groups is 1. The van der Waals surface area contributed by atoms with Crippen LogP contribution in [0.15, 0.2) is 0 Å². The van der Waals surface area contributed by atoms with Crippen molar-refractivity contribution < 1.29 is 8.42 Å². The highest BCUT2D eigenvalue weighted by Gasteiger charge is 2.40. The summed E-state index contributed by atoms with van der Waals surface area (Å²) in [6.45, 7) is 9.40. The Balaban J connectivity index is 2.88. The molecule has 1 aliphatic rings. The molecule has 1 aliphatic heterocycles. The average Bonchev–Trinajstić information content (AvgIpc) is 2.18. The Morgan fingerprint density at radius 2 is 1.94 bits per heavy atom. The second kappa shape index (κ2) is 5.70. The third-order valence-electron chi connectivity index (χ3n) is 3.55. The molecule has 0 aromatic rings. The summed E-state index contributed by atoms with van der Waals surface area (Å²) in [5, 5.41) is 3.26. The van der Waals surface area contributed by atoms with Crippen LogP contribution in [-0.2, 0) is 9.84 Å². The normalized spacial score (nSPS) is 26.7. The monoisotopic (exact) mass is 261 g/mol. The van der Waals surface area contributed by atoms with E-state index >= 15 is 0 Å². The lowest BCUT2D eigenvalue weighted by molar-refractivity contribution is 0.248. The van der Waals surface area contributed by atoms with Crippen molar-refractivity contribution in [1.29, 1.82) is 0 Å². The highest BCUT2D eigenvalue weighted by Crippen LogP contribution is 2.31. The smallest absolute Gasteiger partial charge is 0.154 e. The van der Waals surface area contributed by atoms with Crippen LogP contribution in [0.5, 0.6) is 0 Å². The summed E-state index contributed by atoms with van der Waals surface area (Å²) in [7, 11) is -2.90. The van der Waals surface area contributed by atoms with Gasteiger partial charge >= 0.3 is 0 Å². The molecule has 1 heterocycles. The first kappa shape index (κ1) is 15.0. The first-order valence-electron chi connectivity index (χ1n) is 6.74. The fourth-order valence-electron chi connectivity index (χ4n) is 2.65. The minimum Gasteiger partial charge on any atom is -0.312 e. The van der Waals surface area contributed by atoms with Crippen LogP contribution in [-0.4, -0.2) is 32.0 Å². The van der Waals surface area contributed by atoms with Crippen LogP contribution in [0.25, 0.3) is 0 Å². The molecule has 4 heteroatoms.